The molecule has 0 fully saturated rings. The third-order valence-electron chi connectivity index (χ3n) is 1.29. The van der Waals surface area contributed by atoms with Crippen LogP contribution >= 0.6 is 15.9 Å². The average molecular weight is 232 g/mol. The monoisotopic (exact) mass is 231 g/mol. The number of nitriles is 1. The van der Waals surface area contributed by atoms with E-state index >= 15 is 0 Å². The van der Waals surface area contributed by atoms with E-state index in [0.29, 0.717) is 4.47 Å². The van der Waals surface area contributed by atoms with Gasteiger partial charge in [-0.3, -0.25) is 0 Å². The third-order valence-corrected chi connectivity index (χ3v) is 1.75. The Morgan fingerprint density at radius 2 is 2.08 bits per heavy atom. The van der Waals surface area contributed by atoms with E-state index in [9.17, 15) is 8.78 Å². The number of nitrogens with zero attached hydrogens (tertiary/aromatic N) is 1. The Morgan fingerprint density at radius 1 is 1.42 bits per heavy atom. The molecule has 0 spiro atoms. The lowest BCUT2D eigenvalue weighted by Gasteiger charge is -2.00. The van der Waals surface area contributed by atoms with Crippen LogP contribution in [0.15, 0.2) is 22.7 Å². The van der Waals surface area contributed by atoms with Crippen molar-refractivity contribution in [2.24, 2.45) is 0 Å². The van der Waals surface area contributed by atoms with E-state index in [1.165, 1.54) is 18.2 Å². The van der Waals surface area contributed by atoms with Crippen molar-refractivity contribution < 1.29 is 8.78 Å². The summed E-state index contributed by atoms with van der Waals surface area (Å²) in [6.45, 7) is 0. The molecular weight excluding hydrogens is 228 g/mol. The van der Waals surface area contributed by atoms with Crippen LogP contribution in [0.1, 0.15) is 11.7 Å². The van der Waals surface area contributed by atoms with Crippen LogP contribution in [0.5, 0.6) is 0 Å². The molecule has 0 saturated carbocycles. The standard InChI is InChI=1S/C8H4BrF2N/c9-6-1-5(8(11)4-12)2-7(10)3-6/h1-3,8H. The van der Waals surface area contributed by atoms with Crippen molar-refractivity contribution in [1.29, 1.82) is 5.26 Å². The minimum atomic E-state index is -1.77. The topological polar surface area (TPSA) is 23.8 Å². The summed E-state index contributed by atoms with van der Waals surface area (Å²) in [6, 6.07) is 4.95. The predicted molar refractivity (Wildman–Crippen MR) is 43.6 cm³/mol. The van der Waals surface area contributed by atoms with Gasteiger partial charge in [-0.1, -0.05) is 15.9 Å². The zero-order valence-corrected chi connectivity index (χ0v) is 7.48. The Hall–Kier alpha value is -0.950. The molecule has 0 heterocycles. The molecule has 1 rings (SSSR count). The highest BCUT2D eigenvalue weighted by Crippen LogP contribution is 2.22. The number of hydrogen-bond donors (Lipinski definition) is 0. The van der Waals surface area contributed by atoms with Crippen LogP contribution in [0.3, 0.4) is 0 Å². The maximum Gasteiger partial charge on any atom is 0.211 e. The summed E-state index contributed by atoms with van der Waals surface area (Å²) in [7, 11) is 0. The van der Waals surface area contributed by atoms with Gasteiger partial charge in [-0.15, -0.1) is 0 Å². The summed E-state index contributed by atoms with van der Waals surface area (Å²) >= 11 is 2.99. The van der Waals surface area contributed by atoms with Gasteiger partial charge in [0.25, 0.3) is 0 Å². The fourth-order valence-electron chi connectivity index (χ4n) is 0.796. The summed E-state index contributed by atoms with van der Waals surface area (Å²) in [4.78, 5) is 0. The normalized spacial score (nSPS) is 12.2. The first-order chi connectivity index (χ1) is 5.63. The van der Waals surface area contributed by atoms with E-state index < -0.39 is 12.0 Å². The number of halogens is 3. The van der Waals surface area contributed by atoms with E-state index in [4.69, 9.17) is 5.26 Å². The first-order valence-electron chi connectivity index (χ1n) is 3.13. The molecule has 0 amide bonds. The van der Waals surface area contributed by atoms with Crippen molar-refractivity contribution in [2.45, 2.75) is 6.17 Å². The number of benzene rings is 1. The van der Waals surface area contributed by atoms with Crippen LogP contribution in [-0.4, -0.2) is 0 Å². The van der Waals surface area contributed by atoms with Crippen molar-refractivity contribution in [3.8, 4) is 6.07 Å². The Morgan fingerprint density at radius 3 is 2.58 bits per heavy atom. The second-order valence-electron chi connectivity index (χ2n) is 2.19. The lowest BCUT2D eigenvalue weighted by atomic mass is 10.1. The van der Waals surface area contributed by atoms with Gasteiger partial charge in [0, 0.05) is 10.0 Å². The number of rotatable bonds is 1. The zero-order valence-electron chi connectivity index (χ0n) is 5.89. The lowest BCUT2D eigenvalue weighted by Crippen LogP contribution is -1.89. The molecule has 0 aliphatic heterocycles. The van der Waals surface area contributed by atoms with Crippen molar-refractivity contribution in [1.82, 2.24) is 0 Å². The van der Waals surface area contributed by atoms with Gasteiger partial charge in [0.15, 0.2) is 0 Å². The minimum Gasteiger partial charge on any atom is -0.226 e. The maximum atomic E-state index is 12.7. The highest BCUT2D eigenvalue weighted by molar-refractivity contribution is 9.10. The van der Waals surface area contributed by atoms with Crippen LogP contribution in [0.4, 0.5) is 8.78 Å². The first-order valence-corrected chi connectivity index (χ1v) is 3.92. The van der Waals surface area contributed by atoms with E-state index in [1.54, 1.807) is 0 Å². The summed E-state index contributed by atoms with van der Waals surface area (Å²) in [5.41, 5.74) is 0.0318. The van der Waals surface area contributed by atoms with Crippen LogP contribution in [0.2, 0.25) is 0 Å². The Kier molecular flexibility index (Phi) is 2.77. The molecule has 0 bridgehead atoms. The molecular formula is C8H4BrF2N. The quantitative estimate of drug-likeness (QED) is 0.729. The SMILES string of the molecule is N#CC(F)c1cc(F)cc(Br)c1. The molecule has 1 aromatic carbocycles. The first kappa shape index (κ1) is 9.14. The van der Waals surface area contributed by atoms with Gasteiger partial charge in [-0.2, -0.15) is 5.26 Å². The smallest absolute Gasteiger partial charge is 0.211 e. The fourth-order valence-corrected chi connectivity index (χ4v) is 1.28. The molecule has 0 radical (unpaired) electrons. The van der Waals surface area contributed by atoms with E-state index in [0.717, 1.165) is 6.07 Å². The molecule has 62 valence electrons. The summed E-state index contributed by atoms with van der Waals surface area (Å²) in [5.74, 6) is -0.558. The molecule has 4 heteroatoms. The van der Waals surface area contributed by atoms with Gasteiger partial charge in [-0.05, 0) is 18.2 Å². The van der Waals surface area contributed by atoms with Gasteiger partial charge in [0.1, 0.15) is 11.9 Å². The largest absolute Gasteiger partial charge is 0.226 e. The van der Waals surface area contributed by atoms with Gasteiger partial charge < -0.3 is 0 Å². The molecule has 1 nitrogen and oxygen atoms in total. The van der Waals surface area contributed by atoms with Gasteiger partial charge in [0.05, 0.1) is 0 Å². The van der Waals surface area contributed by atoms with Crippen LogP contribution in [0.25, 0.3) is 0 Å². The van der Waals surface area contributed by atoms with Crippen molar-refractivity contribution in [2.75, 3.05) is 0 Å². The van der Waals surface area contributed by atoms with Gasteiger partial charge >= 0.3 is 0 Å². The Balaban J connectivity index is 3.10. The molecule has 1 unspecified atom stereocenters. The molecule has 0 aliphatic rings. The second-order valence-corrected chi connectivity index (χ2v) is 3.11. The van der Waals surface area contributed by atoms with Crippen molar-refractivity contribution >= 4 is 15.9 Å². The Labute approximate surface area is 76.8 Å². The molecule has 0 saturated heterocycles. The summed E-state index contributed by atoms with van der Waals surface area (Å²) < 4.78 is 25.7. The third kappa shape index (κ3) is 2.02. The summed E-state index contributed by atoms with van der Waals surface area (Å²) in [5, 5.41) is 8.21. The molecule has 0 aromatic heterocycles. The Bertz CT molecular complexity index is 312. The number of hydrogen-bond acceptors (Lipinski definition) is 1. The minimum absolute atomic E-state index is 0.0318. The zero-order chi connectivity index (χ0) is 9.14. The van der Waals surface area contributed by atoms with Crippen molar-refractivity contribution in [3.63, 3.8) is 0 Å². The fraction of sp³-hybridized carbons (Fsp3) is 0.125. The second kappa shape index (κ2) is 3.63. The van der Waals surface area contributed by atoms with Crippen LogP contribution in [-0.2, 0) is 0 Å². The molecule has 0 N–H and O–H groups in total. The van der Waals surface area contributed by atoms with Gasteiger partial charge in [-0.25, -0.2) is 8.78 Å². The van der Waals surface area contributed by atoms with Crippen LogP contribution in [0, 0.1) is 17.1 Å². The molecule has 1 aromatic rings. The molecule has 12 heavy (non-hydrogen) atoms. The molecule has 1 atom stereocenters. The highest BCUT2D eigenvalue weighted by atomic mass is 79.9. The summed E-state index contributed by atoms with van der Waals surface area (Å²) in [6.07, 6.45) is -1.77. The van der Waals surface area contributed by atoms with Gasteiger partial charge in [0.2, 0.25) is 6.17 Å². The maximum absolute atomic E-state index is 12.7. The lowest BCUT2D eigenvalue weighted by molar-refractivity contribution is 0.422. The number of alkyl halides is 1. The molecule has 0 aliphatic carbocycles. The predicted octanol–water partition coefficient (Wildman–Crippen LogP) is 3.12. The van der Waals surface area contributed by atoms with Crippen molar-refractivity contribution in [3.05, 3.63) is 34.1 Å². The highest BCUT2D eigenvalue weighted by Gasteiger charge is 2.09. The van der Waals surface area contributed by atoms with E-state index in [2.05, 4.69) is 15.9 Å². The van der Waals surface area contributed by atoms with Crippen LogP contribution < -0.4 is 0 Å². The van der Waals surface area contributed by atoms with E-state index in [-0.39, 0.29) is 5.56 Å². The average Bonchev–Trinajstić information content (AvgIpc) is 2.01. The van der Waals surface area contributed by atoms with E-state index in [1.807, 2.05) is 0 Å².